The van der Waals surface area contributed by atoms with E-state index < -0.39 is 8.07 Å². The van der Waals surface area contributed by atoms with Crippen LogP contribution < -0.4 is 0 Å². The monoisotopic (exact) mass is 451 g/mol. The lowest BCUT2D eigenvalue weighted by molar-refractivity contribution is -0.167. The molecule has 1 aromatic rings. The fraction of sp³-hybridized carbons (Fsp3) is 0.545. The topological polar surface area (TPSA) is 29.5 Å². The average molecular weight is 453 g/mol. The van der Waals surface area contributed by atoms with Gasteiger partial charge in [-0.3, -0.25) is 9.63 Å². The Morgan fingerprint density at radius 2 is 1.59 bits per heavy atom. The van der Waals surface area contributed by atoms with E-state index in [1.165, 1.54) is 22.9 Å². The Hall–Kier alpha value is -1.13. The number of carbonyl (C=O) groups is 1. The van der Waals surface area contributed by atoms with Gasteiger partial charge in [-0.25, -0.2) is 5.06 Å². The van der Waals surface area contributed by atoms with Crippen molar-refractivity contribution < 1.29 is 9.63 Å². The number of hydrogen-bond acceptors (Lipinski definition) is 2. The number of benzene rings is 1. The largest absolute Gasteiger partial charge is 0.275 e. The van der Waals surface area contributed by atoms with Crippen LogP contribution in [0.3, 0.4) is 0 Å². The molecule has 0 fully saturated rings. The molecule has 0 radical (unpaired) electrons. The third kappa shape index (κ3) is 5.45. The van der Waals surface area contributed by atoms with Gasteiger partial charge >= 0.3 is 0 Å². The summed E-state index contributed by atoms with van der Waals surface area (Å²) in [5.41, 5.74) is 6.49. The highest BCUT2D eigenvalue weighted by Gasteiger charge is 2.46. The molecule has 0 saturated carbocycles. The quantitative estimate of drug-likeness (QED) is 0.252. The predicted molar refractivity (Wildman–Crippen MR) is 121 cm³/mol. The van der Waals surface area contributed by atoms with E-state index in [0.717, 1.165) is 4.47 Å². The second-order valence-corrected chi connectivity index (χ2v) is 14.7. The molecule has 0 aliphatic heterocycles. The zero-order valence-corrected chi connectivity index (χ0v) is 20.6. The molecule has 0 bridgehead atoms. The van der Waals surface area contributed by atoms with Gasteiger partial charge in [0.25, 0.3) is 0 Å². The van der Waals surface area contributed by atoms with E-state index in [4.69, 9.17) is 4.84 Å². The van der Waals surface area contributed by atoms with Gasteiger partial charge in [0, 0.05) is 11.5 Å². The van der Waals surface area contributed by atoms with Gasteiger partial charge in [-0.1, -0.05) is 69.6 Å². The molecule has 0 aliphatic carbocycles. The third-order valence-corrected chi connectivity index (χ3v) is 13.1. The van der Waals surface area contributed by atoms with Crippen molar-refractivity contribution in [3.05, 3.63) is 46.1 Å². The van der Waals surface area contributed by atoms with Crippen LogP contribution in [-0.2, 0) is 9.63 Å². The van der Waals surface area contributed by atoms with Crippen LogP contribution in [0, 0.1) is 0 Å². The van der Waals surface area contributed by atoms with Crippen LogP contribution in [-0.4, -0.2) is 33.2 Å². The first-order chi connectivity index (χ1) is 12.6. The van der Waals surface area contributed by atoms with Crippen molar-refractivity contribution in [2.75, 3.05) is 14.2 Å². The van der Waals surface area contributed by atoms with E-state index in [9.17, 15) is 4.79 Å². The highest BCUT2D eigenvalue weighted by molar-refractivity contribution is 9.10. The number of hydroxylamine groups is 2. The lowest BCUT2D eigenvalue weighted by Gasteiger charge is -2.44. The van der Waals surface area contributed by atoms with Gasteiger partial charge in [0.05, 0.1) is 13.5 Å². The molecule has 1 amide bonds. The van der Waals surface area contributed by atoms with Crippen LogP contribution in [0.15, 0.2) is 40.5 Å². The zero-order chi connectivity index (χ0) is 20.8. The Balaban J connectivity index is 3.60. The first-order valence-corrected chi connectivity index (χ1v) is 12.6. The Kier molecular flexibility index (Phi) is 9.23. The molecule has 150 valence electrons. The van der Waals surface area contributed by atoms with Gasteiger partial charge in [0.1, 0.15) is 8.07 Å². The Morgan fingerprint density at radius 3 is 2.00 bits per heavy atom. The van der Waals surface area contributed by atoms with Crippen LogP contribution in [0.1, 0.15) is 53.5 Å². The summed E-state index contributed by atoms with van der Waals surface area (Å²) in [5.74, 6) is -0.0777. The maximum absolute atomic E-state index is 12.1. The van der Waals surface area contributed by atoms with E-state index in [1.54, 1.807) is 7.05 Å². The molecule has 0 saturated heterocycles. The van der Waals surface area contributed by atoms with E-state index in [1.807, 2.05) is 6.08 Å². The predicted octanol–water partition coefficient (Wildman–Crippen LogP) is 6.62. The van der Waals surface area contributed by atoms with Crippen LogP contribution in [0.25, 0.3) is 5.20 Å². The van der Waals surface area contributed by atoms with Gasteiger partial charge in [-0.15, -0.1) is 5.73 Å². The molecular weight excluding hydrogens is 418 g/mol. The smallest absolute Gasteiger partial charge is 0.250 e. The molecule has 0 atom stereocenters. The standard InChI is InChI=1S/C22H34BrNO2Si/c1-16(2)27(17(3)4,18(5)6)21(19-12-14-20(23)15-13-19)10-9-11-22(25)24(7)26-8/h9,12-18H,11H2,1-8H3. The van der Waals surface area contributed by atoms with Crippen LogP contribution in [0.4, 0.5) is 0 Å². The maximum atomic E-state index is 12.1. The summed E-state index contributed by atoms with van der Waals surface area (Å²) < 4.78 is 1.07. The van der Waals surface area contributed by atoms with Crippen molar-refractivity contribution in [2.24, 2.45) is 0 Å². The Bertz CT molecular complexity index is 667. The number of rotatable bonds is 8. The summed E-state index contributed by atoms with van der Waals surface area (Å²) in [5, 5.41) is 2.57. The number of halogens is 1. The summed E-state index contributed by atoms with van der Waals surface area (Å²) in [7, 11) is 1.21. The van der Waals surface area contributed by atoms with Crippen molar-refractivity contribution in [3.8, 4) is 0 Å². The van der Waals surface area contributed by atoms with E-state index in [0.29, 0.717) is 16.6 Å². The molecule has 1 aromatic carbocycles. The minimum Gasteiger partial charge on any atom is -0.275 e. The van der Waals surface area contributed by atoms with E-state index in [2.05, 4.69) is 87.5 Å². The van der Waals surface area contributed by atoms with Gasteiger partial charge in [-0.05, 0) is 45.6 Å². The molecule has 5 heteroatoms. The summed E-state index contributed by atoms with van der Waals surface area (Å²) >= 11 is 3.54. The molecule has 3 nitrogen and oxygen atoms in total. The van der Waals surface area contributed by atoms with E-state index in [-0.39, 0.29) is 12.3 Å². The fourth-order valence-electron chi connectivity index (χ4n) is 4.41. The molecule has 1 rings (SSSR count). The highest BCUT2D eigenvalue weighted by atomic mass is 79.9. The summed E-state index contributed by atoms with van der Waals surface area (Å²) in [6.07, 6.45) is 2.16. The van der Waals surface area contributed by atoms with Crippen LogP contribution in [0.2, 0.25) is 16.6 Å². The molecule has 0 spiro atoms. The summed E-state index contributed by atoms with van der Waals surface area (Å²) in [6, 6.07) is 8.50. The van der Waals surface area contributed by atoms with Crippen molar-refractivity contribution in [1.29, 1.82) is 0 Å². The maximum Gasteiger partial charge on any atom is 0.250 e. The normalized spacial score (nSPS) is 11.7. The average Bonchev–Trinajstić information content (AvgIpc) is 2.59. The fourth-order valence-corrected chi connectivity index (χ4v) is 11.4. The lowest BCUT2D eigenvalue weighted by atomic mass is 10.2. The Labute approximate surface area is 174 Å². The van der Waals surface area contributed by atoms with Crippen LogP contribution >= 0.6 is 15.9 Å². The highest BCUT2D eigenvalue weighted by Crippen LogP contribution is 2.49. The number of hydrogen-bond donors (Lipinski definition) is 0. The molecule has 0 N–H and O–H groups in total. The zero-order valence-electron chi connectivity index (χ0n) is 18.0. The SMILES string of the molecule is CON(C)C(=O)CC=C=C(c1ccc(Br)cc1)[Si](C(C)C)(C(C)C)C(C)C. The summed E-state index contributed by atoms with van der Waals surface area (Å²) in [6.45, 7) is 14.1. The number of carbonyl (C=O) groups excluding carboxylic acids is 1. The molecule has 27 heavy (non-hydrogen) atoms. The minimum atomic E-state index is -1.92. The lowest BCUT2D eigenvalue weighted by Crippen LogP contribution is -2.45. The second-order valence-electron chi connectivity index (χ2n) is 7.91. The molecule has 0 aliphatic rings. The van der Waals surface area contributed by atoms with Crippen LogP contribution in [0.5, 0.6) is 0 Å². The molecule has 0 heterocycles. The van der Waals surface area contributed by atoms with Crippen molar-refractivity contribution in [2.45, 2.75) is 64.6 Å². The summed E-state index contributed by atoms with van der Waals surface area (Å²) in [4.78, 5) is 17.1. The molecular formula is C22H34BrNO2Si. The van der Waals surface area contributed by atoms with E-state index >= 15 is 0 Å². The van der Waals surface area contributed by atoms with Gasteiger partial charge in [-0.2, -0.15) is 0 Å². The molecule has 0 unspecified atom stereocenters. The Morgan fingerprint density at radius 1 is 1.11 bits per heavy atom. The number of amides is 1. The molecule has 0 aromatic heterocycles. The van der Waals surface area contributed by atoms with Crippen molar-refractivity contribution in [3.63, 3.8) is 0 Å². The second kappa shape index (κ2) is 10.4. The minimum absolute atomic E-state index is 0.0777. The van der Waals surface area contributed by atoms with Crippen molar-refractivity contribution >= 4 is 35.1 Å². The van der Waals surface area contributed by atoms with Gasteiger partial charge in [0.2, 0.25) is 5.91 Å². The van der Waals surface area contributed by atoms with Gasteiger partial charge in [0.15, 0.2) is 0 Å². The first-order valence-electron chi connectivity index (χ1n) is 9.61. The van der Waals surface area contributed by atoms with Gasteiger partial charge < -0.3 is 0 Å². The number of nitrogens with zero attached hydrogens (tertiary/aromatic N) is 1. The first kappa shape index (κ1) is 23.9. The third-order valence-electron chi connectivity index (χ3n) is 5.58. The van der Waals surface area contributed by atoms with Crippen molar-refractivity contribution in [1.82, 2.24) is 5.06 Å².